The van der Waals surface area contributed by atoms with Crippen LogP contribution in [0.15, 0.2) is 47.1 Å². The maximum Gasteiger partial charge on any atom is 0.316 e. The first-order valence-corrected chi connectivity index (χ1v) is 8.75. The Kier molecular flexibility index (Phi) is 5.17. The Bertz CT molecular complexity index is 898. The van der Waals surface area contributed by atoms with Crippen molar-refractivity contribution in [2.45, 2.75) is 5.03 Å². The van der Waals surface area contributed by atoms with Gasteiger partial charge < -0.3 is 4.74 Å². The lowest BCUT2D eigenvalue weighted by molar-refractivity contribution is -0.139. The van der Waals surface area contributed by atoms with Crippen LogP contribution in [0.3, 0.4) is 0 Å². The summed E-state index contributed by atoms with van der Waals surface area (Å²) in [6.45, 7) is -0.416. The van der Waals surface area contributed by atoms with Crippen LogP contribution in [0.25, 0.3) is 10.2 Å². The maximum absolute atomic E-state index is 13.1. The van der Waals surface area contributed by atoms with Gasteiger partial charge in [0.1, 0.15) is 22.0 Å². The van der Waals surface area contributed by atoms with E-state index in [9.17, 15) is 14.0 Å². The molecule has 3 aromatic rings. The summed E-state index contributed by atoms with van der Waals surface area (Å²) >= 11 is 2.72. The highest BCUT2D eigenvalue weighted by Gasteiger charge is 2.13. The van der Waals surface area contributed by atoms with E-state index in [0.717, 1.165) is 16.3 Å². The fourth-order valence-electron chi connectivity index (χ4n) is 1.94. The summed E-state index contributed by atoms with van der Waals surface area (Å²) in [6, 6.07) is 7.15. The number of thiophene rings is 1. The summed E-state index contributed by atoms with van der Waals surface area (Å²) in [5.74, 6) is -1.47. The van der Waals surface area contributed by atoms with Crippen molar-refractivity contribution < 1.29 is 18.7 Å². The minimum Gasteiger partial charge on any atom is -0.457 e. The fourth-order valence-corrected chi connectivity index (χ4v) is 3.52. The number of carbonyl (C=O) groups is 2. The largest absolute Gasteiger partial charge is 0.457 e. The first kappa shape index (κ1) is 16.5. The van der Waals surface area contributed by atoms with Gasteiger partial charge in [-0.2, -0.15) is 0 Å². The zero-order valence-electron chi connectivity index (χ0n) is 12.3. The van der Waals surface area contributed by atoms with E-state index < -0.39 is 24.2 Å². The van der Waals surface area contributed by atoms with Gasteiger partial charge in [0.2, 0.25) is 0 Å². The van der Waals surface area contributed by atoms with Crippen LogP contribution in [-0.2, 0) is 9.53 Å². The first-order chi connectivity index (χ1) is 11.6. The monoisotopic (exact) mass is 362 g/mol. The Balaban J connectivity index is 1.53. The molecule has 0 spiro atoms. The smallest absolute Gasteiger partial charge is 0.316 e. The van der Waals surface area contributed by atoms with E-state index in [0.29, 0.717) is 5.03 Å². The average molecular weight is 362 g/mol. The predicted octanol–water partition coefficient (Wildman–Crippen LogP) is 3.35. The molecule has 0 amide bonds. The van der Waals surface area contributed by atoms with Crippen molar-refractivity contribution in [3.8, 4) is 0 Å². The molecule has 0 aliphatic carbocycles. The summed E-state index contributed by atoms with van der Waals surface area (Å²) in [5, 5.41) is 3.48. The first-order valence-electron chi connectivity index (χ1n) is 6.89. The molecule has 8 heteroatoms. The molecule has 2 aromatic heterocycles. The lowest BCUT2D eigenvalue weighted by Gasteiger charge is -2.05. The number of esters is 1. The third-order valence-electron chi connectivity index (χ3n) is 3.06. The third-order valence-corrected chi connectivity index (χ3v) is 4.86. The van der Waals surface area contributed by atoms with Crippen molar-refractivity contribution in [1.82, 2.24) is 9.97 Å². The van der Waals surface area contributed by atoms with Crippen molar-refractivity contribution in [2.24, 2.45) is 0 Å². The topological polar surface area (TPSA) is 69.2 Å². The highest BCUT2D eigenvalue weighted by molar-refractivity contribution is 8.00. The maximum atomic E-state index is 13.1. The number of ether oxygens (including phenoxy) is 1. The number of Topliss-reactive ketones (excluding diaryl/α,β-unsaturated/α-hetero) is 1. The Labute approximate surface area is 144 Å². The number of thioether (sulfide) groups is 1. The summed E-state index contributed by atoms with van der Waals surface area (Å²) in [7, 11) is 0. The van der Waals surface area contributed by atoms with Gasteiger partial charge in [0.15, 0.2) is 12.4 Å². The molecule has 0 saturated heterocycles. The Hall–Kier alpha value is -2.32. The second kappa shape index (κ2) is 7.50. The van der Waals surface area contributed by atoms with E-state index in [-0.39, 0.29) is 11.3 Å². The molecule has 1 aromatic carbocycles. The van der Waals surface area contributed by atoms with Crippen molar-refractivity contribution in [3.05, 3.63) is 53.4 Å². The number of hydrogen-bond donors (Lipinski definition) is 0. The van der Waals surface area contributed by atoms with Crippen molar-refractivity contribution in [1.29, 1.82) is 0 Å². The normalized spacial score (nSPS) is 10.7. The number of nitrogens with zero attached hydrogens (tertiary/aromatic N) is 2. The van der Waals surface area contributed by atoms with Crippen LogP contribution in [-0.4, -0.2) is 34.1 Å². The number of carbonyl (C=O) groups excluding carboxylic acids is 2. The van der Waals surface area contributed by atoms with E-state index in [1.165, 1.54) is 47.6 Å². The molecule has 0 unspecified atom stereocenters. The molecule has 0 aliphatic rings. The average Bonchev–Trinajstić information content (AvgIpc) is 3.07. The van der Waals surface area contributed by atoms with Crippen molar-refractivity contribution in [2.75, 3.05) is 12.4 Å². The zero-order valence-corrected chi connectivity index (χ0v) is 13.9. The second-order valence-corrected chi connectivity index (χ2v) is 6.56. The summed E-state index contributed by atoms with van der Waals surface area (Å²) < 4.78 is 18.0. The molecule has 0 bridgehead atoms. The Morgan fingerprint density at radius 2 is 2.12 bits per heavy atom. The molecular formula is C16H11FN2O3S2. The molecule has 0 aliphatic heterocycles. The van der Waals surface area contributed by atoms with Gasteiger partial charge in [0.25, 0.3) is 0 Å². The molecular weight excluding hydrogens is 351 g/mol. The van der Waals surface area contributed by atoms with Gasteiger partial charge in [-0.25, -0.2) is 14.4 Å². The molecule has 0 radical (unpaired) electrons. The highest BCUT2D eigenvalue weighted by atomic mass is 32.2. The van der Waals surface area contributed by atoms with Crippen LogP contribution in [0, 0.1) is 5.82 Å². The molecule has 5 nitrogen and oxygen atoms in total. The molecule has 0 atom stereocenters. The van der Waals surface area contributed by atoms with E-state index in [4.69, 9.17) is 4.74 Å². The summed E-state index contributed by atoms with van der Waals surface area (Å²) in [6.07, 6.45) is 1.44. The number of ketones is 1. The molecule has 0 fully saturated rings. The second-order valence-electron chi connectivity index (χ2n) is 4.70. The molecule has 2 heterocycles. The van der Waals surface area contributed by atoms with Crippen molar-refractivity contribution in [3.63, 3.8) is 0 Å². The number of halogens is 1. The number of benzene rings is 1. The SMILES string of the molecule is O=C(CSc1ncnc2sccc12)OCC(=O)c1cccc(F)c1. The predicted molar refractivity (Wildman–Crippen MR) is 89.8 cm³/mol. The number of aromatic nitrogens is 2. The van der Waals surface area contributed by atoms with E-state index in [1.807, 2.05) is 11.4 Å². The third kappa shape index (κ3) is 3.95. The molecule has 3 rings (SSSR count). The van der Waals surface area contributed by atoms with E-state index in [2.05, 4.69) is 9.97 Å². The van der Waals surface area contributed by atoms with Crippen LogP contribution < -0.4 is 0 Å². The summed E-state index contributed by atoms with van der Waals surface area (Å²) in [4.78, 5) is 32.8. The van der Waals surface area contributed by atoms with E-state index >= 15 is 0 Å². The van der Waals surface area contributed by atoms with E-state index in [1.54, 1.807) is 0 Å². The van der Waals surface area contributed by atoms with Crippen LogP contribution >= 0.6 is 23.1 Å². The van der Waals surface area contributed by atoms with Crippen LogP contribution in [0.4, 0.5) is 4.39 Å². The fraction of sp³-hybridized carbons (Fsp3) is 0.125. The van der Waals surface area contributed by atoms with Gasteiger partial charge in [-0.05, 0) is 23.6 Å². The Morgan fingerprint density at radius 1 is 1.25 bits per heavy atom. The quantitative estimate of drug-likeness (QED) is 0.290. The molecule has 0 saturated carbocycles. The highest BCUT2D eigenvalue weighted by Crippen LogP contribution is 2.27. The van der Waals surface area contributed by atoms with Gasteiger partial charge in [0.05, 0.1) is 5.75 Å². The van der Waals surface area contributed by atoms with Gasteiger partial charge in [0, 0.05) is 10.9 Å². The number of fused-ring (bicyclic) bond motifs is 1. The van der Waals surface area contributed by atoms with Gasteiger partial charge in [-0.3, -0.25) is 9.59 Å². The molecule has 0 N–H and O–H groups in total. The van der Waals surface area contributed by atoms with Crippen LogP contribution in [0.1, 0.15) is 10.4 Å². The van der Waals surface area contributed by atoms with Gasteiger partial charge in [-0.15, -0.1) is 11.3 Å². The van der Waals surface area contributed by atoms with Crippen molar-refractivity contribution >= 4 is 45.1 Å². The molecule has 24 heavy (non-hydrogen) atoms. The lowest BCUT2D eigenvalue weighted by atomic mass is 10.1. The summed E-state index contributed by atoms with van der Waals surface area (Å²) in [5.41, 5.74) is 0.172. The standard InChI is InChI=1S/C16H11FN2O3S2/c17-11-3-1-2-10(6-11)13(20)7-22-14(21)8-24-16-12-4-5-23-15(12)18-9-19-16/h1-6,9H,7-8H2. The minimum atomic E-state index is -0.535. The minimum absolute atomic E-state index is 0.0262. The lowest BCUT2D eigenvalue weighted by Crippen LogP contribution is -2.15. The van der Waals surface area contributed by atoms with Crippen LogP contribution in [0.2, 0.25) is 0 Å². The Morgan fingerprint density at radius 3 is 2.96 bits per heavy atom. The van der Waals surface area contributed by atoms with Gasteiger partial charge >= 0.3 is 5.97 Å². The number of hydrogen-bond acceptors (Lipinski definition) is 7. The zero-order chi connectivity index (χ0) is 16.9. The van der Waals surface area contributed by atoms with Gasteiger partial charge in [-0.1, -0.05) is 23.9 Å². The molecule has 122 valence electrons. The van der Waals surface area contributed by atoms with Crippen LogP contribution in [0.5, 0.6) is 0 Å². The number of rotatable bonds is 6.